The molecule has 0 aliphatic carbocycles. The van der Waals surface area contributed by atoms with Gasteiger partial charge in [-0.1, -0.05) is 0 Å². The predicted octanol–water partition coefficient (Wildman–Crippen LogP) is 3.94. The van der Waals surface area contributed by atoms with Crippen LogP contribution in [0.2, 0.25) is 0 Å². The van der Waals surface area contributed by atoms with Gasteiger partial charge in [0.2, 0.25) is 0 Å². The molecule has 0 saturated carbocycles. The van der Waals surface area contributed by atoms with E-state index in [4.69, 9.17) is 33.7 Å². The fourth-order valence-electron chi connectivity index (χ4n) is 3.69. The lowest BCUT2D eigenvalue weighted by atomic mass is 10.00. The number of furan rings is 1. The summed E-state index contributed by atoms with van der Waals surface area (Å²) < 4.78 is 81.6. The van der Waals surface area contributed by atoms with Crippen molar-refractivity contribution < 1.29 is 60.0 Å². The van der Waals surface area contributed by atoms with Gasteiger partial charge >= 0.3 is 24.3 Å². The van der Waals surface area contributed by atoms with E-state index in [0.717, 1.165) is 57.1 Å². The molecule has 9 nitrogen and oxygen atoms in total. The molecule has 1 aromatic rings. The average molecular weight is 565 g/mol. The molecular formula is C23H34F6N2O7. The lowest BCUT2D eigenvalue weighted by molar-refractivity contribution is -0.193. The van der Waals surface area contributed by atoms with Crippen LogP contribution in [0.1, 0.15) is 38.2 Å². The van der Waals surface area contributed by atoms with Gasteiger partial charge in [0.1, 0.15) is 17.1 Å². The van der Waals surface area contributed by atoms with Crippen LogP contribution in [0.15, 0.2) is 16.5 Å². The number of hydrogen-bond donors (Lipinski definition) is 2. The fourth-order valence-corrected chi connectivity index (χ4v) is 3.69. The van der Waals surface area contributed by atoms with Gasteiger partial charge in [-0.2, -0.15) is 26.3 Å². The number of ether oxygens (including phenoxy) is 2. The molecule has 220 valence electrons. The Morgan fingerprint density at radius 2 is 1.68 bits per heavy atom. The van der Waals surface area contributed by atoms with E-state index in [-0.39, 0.29) is 5.60 Å². The second-order valence-electron chi connectivity index (χ2n) is 9.38. The molecule has 15 heteroatoms. The van der Waals surface area contributed by atoms with Gasteiger partial charge < -0.3 is 29.0 Å². The van der Waals surface area contributed by atoms with Crippen LogP contribution in [0.4, 0.5) is 26.3 Å². The summed E-state index contributed by atoms with van der Waals surface area (Å²) in [7, 11) is 2.17. The van der Waals surface area contributed by atoms with Crippen molar-refractivity contribution in [2.45, 2.75) is 70.3 Å². The van der Waals surface area contributed by atoms with Gasteiger partial charge in [-0.25, -0.2) is 9.59 Å². The molecule has 3 rings (SSSR count). The Hall–Kier alpha value is -2.36. The molecule has 0 radical (unpaired) electrons. The molecule has 2 N–H and O–H groups in total. The van der Waals surface area contributed by atoms with E-state index >= 15 is 0 Å². The van der Waals surface area contributed by atoms with Crippen LogP contribution < -0.4 is 0 Å². The van der Waals surface area contributed by atoms with Crippen LogP contribution in [0.5, 0.6) is 0 Å². The number of carboxylic acids is 2. The van der Waals surface area contributed by atoms with Crippen LogP contribution in [0.25, 0.3) is 0 Å². The molecular weight excluding hydrogens is 530 g/mol. The minimum absolute atomic E-state index is 0.152. The van der Waals surface area contributed by atoms with Crippen molar-refractivity contribution in [2.75, 3.05) is 39.9 Å². The highest BCUT2D eigenvalue weighted by Crippen LogP contribution is 2.34. The molecule has 0 bridgehead atoms. The van der Waals surface area contributed by atoms with Crippen molar-refractivity contribution in [3.63, 3.8) is 0 Å². The summed E-state index contributed by atoms with van der Waals surface area (Å²) in [6, 6.07) is 4.65. The van der Waals surface area contributed by atoms with E-state index in [9.17, 15) is 26.3 Å². The number of halogens is 6. The first-order chi connectivity index (χ1) is 17.3. The van der Waals surface area contributed by atoms with Crippen molar-refractivity contribution >= 4 is 11.9 Å². The first-order valence-corrected chi connectivity index (χ1v) is 11.7. The molecule has 1 aromatic heterocycles. The molecule has 2 fully saturated rings. The lowest BCUT2D eigenvalue weighted by Crippen LogP contribution is -2.45. The summed E-state index contributed by atoms with van der Waals surface area (Å²) in [6.45, 7) is 11.6. The van der Waals surface area contributed by atoms with E-state index in [2.05, 4.69) is 36.8 Å². The molecule has 0 amide bonds. The topological polar surface area (TPSA) is 113 Å². The summed E-state index contributed by atoms with van der Waals surface area (Å²) in [5.41, 5.74) is -0.152. The van der Waals surface area contributed by atoms with E-state index in [1.807, 2.05) is 13.0 Å². The maximum atomic E-state index is 10.6. The van der Waals surface area contributed by atoms with E-state index in [0.29, 0.717) is 18.8 Å². The summed E-state index contributed by atoms with van der Waals surface area (Å²) >= 11 is 0. The van der Waals surface area contributed by atoms with Crippen molar-refractivity contribution in [3.8, 4) is 0 Å². The summed E-state index contributed by atoms with van der Waals surface area (Å²) in [4.78, 5) is 22.6. The maximum absolute atomic E-state index is 10.6. The molecule has 2 aliphatic rings. The quantitative estimate of drug-likeness (QED) is 0.514. The van der Waals surface area contributed by atoms with Crippen LogP contribution in [-0.4, -0.2) is 102 Å². The minimum atomic E-state index is -5.08. The van der Waals surface area contributed by atoms with Gasteiger partial charge in [0.15, 0.2) is 0 Å². The Kier molecular flexibility index (Phi) is 12.5. The van der Waals surface area contributed by atoms with Crippen molar-refractivity contribution in [3.05, 3.63) is 23.7 Å². The highest BCUT2D eigenvalue weighted by Gasteiger charge is 2.43. The summed E-state index contributed by atoms with van der Waals surface area (Å²) in [5.74, 6) is -3.52. The number of carboxylic acid groups (broad SMARTS) is 2. The normalized spacial score (nSPS) is 22.5. The number of carbonyl (C=O) groups is 2. The van der Waals surface area contributed by atoms with Gasteiger partial charge in [-0.3, -0.25) is 4.90 Å². The number of aryl methyl sites for hydroxylation is 1. The van der Waals surface area contributed by atoms with Crippen molar-refractivity contribution in [2.24, 2.45) is 0 Å². The first kappa shape index (κ1) is 33.7. The monoisotopic (exact) mass is 564 g/mol. The molecule has 1 spiro atoms. The number of hydrogen-bond acceptors (Lipinski definition) is 7. The van der Waals surface area contributed by atoms with Crippen LogP contribution in [-0.2, 0) is 25.6 Å². The molecule has 0 aromatic carbocycles. The van der Waals surface area contributed by atoms with Crippen LogP contribution >= 0.6 is 0 Å². The van der Waals surface area contributed by atoms with E-state index < -0.39 is 24.3 Å². The van der Waals surface area contributed by atoms with Crippen molar-refractivity contribution in [1.82, 2.24) is 9.80 Å². The Morgan fingerprint density at radius 1 is 1.13 bits per heavy atom. The Bertz CT molecular complexity index is 866. The Labute approximate surface area is 216 Å². The number of aliphatic carboxylic acids is 2. The third-order valence-corrected chi connectivity index (χ3v) is 5.80. The molecule has 2 aliphatic heterocycles. The molecule has 3 heterocycles. The molecule has 2 saturated heterocycles. The second kappa shape index (κ2) is 14.1. The average Bonchev–Trinajstić information content (AvgIpc) is 3.29. The first-order valence-electron chi connectivity index (χ1n) is 11.7. The SMILES string of the molecule is Cc1ccc(CN2CCOCC3(CCC(CN(C)C(C)C)O3)C2)o1.O=C(O)C(F)(F)F.O=C(O)C(F)(F)F. The molecule has 38 heavy (non-hydrogen) atoms. The molecule has 2 atom stereocenters. The highest BCUT2D eigenvalue weighted by molar-refractivity contribution is 5.73. The minimum Gasteiger partial charge on any atom is -0.475 e. The largest absolute Gasteiger partial charge is 0.490 e. The smallest absolute Gasteiger partial charge is 0.475 e. The third kappa shape index (κ3) is 12.0. The Morgan fingerprint density at radius 3 is 2.13 bits per heavy atom. The second-order valence-corrected chi connectivity index (χ2v) is 9.38. The number of rotatable bonds is 5. The third-order valence-electron chi connectivity index (χ3n) is 5.80. The van der Waals surface area contributed by atoms with E-state index in [1.165, 1.54) is 0 Å². The van der Waals surface area contributed by atoms with Gasteiger partial charge in [0, 0.05) is 25.7 Å². The lowest BCUT2D eigenvalue weighted by Gasteiger charge is -2.32. The predicted molar refractivity (Wildman–Crippen MR) is 122 cm³/mol. The molecule has 2 unspecified atom stereocenters. The maximum Gasteiger partial charge on any atom is 0.490 e. The zero-order chi connectivity index (χ0) is 29.3. The number of nitrogens with zero attached hydrogens (tertiary/aromatic N) is 2. The van der Waals surface area contributed by atoms with E-state index in [1.54, 1.807) is 0 Å². The number of alkyl halides is 6. The van der Waals surface area contributed by atoms with Crippen molar-refractivity contribution in [1.29, 1.82) is 0 Å². The summed E-state index contributed by atoms with van der Waals surface area (Å²) in [5, 5.41) is 14.2. The van der Waals surface area contributed by atoms with Gasteiger partial charge in [0.05, 0.1) is 25.9 Å². The summed E-state index contributed by atoms with van der Waals surface area (Å²) in [6.07, 6.45) is -7.66. The fraction of sp³-hybridized carbons (Fsp3) is 0.739. The van der Waals surface area contributed by atoms with Gasteiger partial charge in [-0.05, 0) is 52.8 Å². The zero-order valence-corrected chi connectivity index (χ0v) is 21.6. The highest BCUT2D eigenvalue weighted by atomic mass is 19.4. The zero-order valence-electron chi connectivity index (χ0n) is 21.6. The van der Waals surface area contributed by atoms with Crippen LogP contribution in [0.3, 0.4) is 0 Å². The van der Waals surface area contributed by atoms with Crippen LogP contribution in [0, 0.1) is 6.92 Å². The van der Waals surface area contributed by atoms with Gasteiger partial charge in [-0.15, -0.1) is 0 Å². The Balaban J connectivity index is 0.000000426. The number of likely N-dealkylation sites (N-methyl/N-ethyl adjacent to an activating group) is 1. The van der Waals surface area contributed by atoms with Gasteiger partial charge in [0.25, 0.3) is 0 Å². The standard InChI is InChI=1S/C19H32N2O3.2C2HF3O2/c1-15(2)20(4)11-18-7-8-19(24-18)13-21(9-10-22-14-19)12-17-6-5-16(3)23-17;2*3-2(4,5)1(6)7/h5-6,15,18H,7-14H2,1-4H3;2*(H,6,7).